The van der Waals surface area contributed by atoms with Gasteiger partial charge in [-0.2, -0.15) is 0 Å². The van der Waals surface area contributed by atoms with E-state index in [9.17, 15) is 4.79 Å². The maximum absolute atomic E-state index is 11.4. The number of nitrogens with one attached hydrogen (secondary N) is 1. The Morgan fingerprint density at radius 3 is 2.43 bits per heavy atom. The number of aromatic nitrogens is 2. The molecular weight excluding hydrogens is 270 g/mol. The molecule has 0 bridgehead atoms. The zero-order valence-corrected chi connectivity index (χ0v) is 12.9. The Bertz CT molecular complexity index is 465. The molecule has 1 aromatic rings. The molecule has 1 saturated carbocycles. The normalized spacial score (nSPS) is 21.7. The van der Waals surface area contributed by atoms with Crippen molar-refractivity contribution in [3.8, 4) is 6.01 Å². The molecule has 1 aromatic heterocycles. The van der Waals surface area contributed by atoms with Crippen LogP contribution in [-0.4, -0.2) is 34.8 Å². The van der Waals surface area contributed by atoms with Gasteiger partial charge in [0.25, 0.3) is 0 Å². The Labute approximate surface area is 125 Å². The van der Waals surface area contributed by atoms with E-state index in [1.807, 2.05) is 19.9 Å². The summed E-state index contributed by atoms with van der Waals surface area (Å²) in [4.78, 5) is 20.0. The summed E-state index contributed by atoms with van der Waals surface area (Å²) in [6, 6.07) is 2.55. The van der Waals surface area contributed by atoms with Crippen LogP contribution in [0.2, 0.25) is 0 Å². The second-order valence-electron chi connectivity index (χ2n) is 5.39. The summed E-state index contributed by atoms with van der Waals surface area (Å²) in [6.45, 7) is 6.06. The van der Waals surface area contributed by atoms with Crippen molar-refractivity contribution >= 4 is 6.09 Å². The SMILES string of the molecule is CCOC(=O)NC1CCC(Oc2nc(C)cc(C)n2)CC1. The standard InChI is InChI=1S/C15H23N3O3/c1-4-20-15(19)18-12-5-7-13(8-6-12)21-14-16-10(2)9-11(3)17-14/h9,12-13H,4-8H2,1-3H3,(H,18,19). The summed E-state index contributed by atoms with van der Waals surface area (Å²) in [7, 11) is 0. The Kier molecular flexibility index (Phi) is 5.36. The first-order valence-corrected chi connectivity index (χ1v) is 7.49. The second kappa shape index (κ2) is 7.24. The van der Waals surface area contributed by atoms with Crippen molar-refractivity contribution < 1.29 is 14.3 Å². The smallest absolute Gasteiger partial charge is 0.407 e. The molecule has 6 heteroatoms. The molecule has 1 aliphatic rings. The van der Waals surface area contributed by atoms with Gasteiger partial charge in [0.15, 0.2) is 0 Å². The van der Waals surface area contributed by atoms with Gasteiger partial charge in [-0.3, -0.25) is 0 Å². The molecule has 2 rings (SSSR count). The third-order valence-electron chi connectivity index (χ3n) is 3.51. The highest BCUT2D eigenvalue weighted by atomic mass is 16.5. The summed E-state index contributed by atoms with van der Waals surface area (Å²) in [6.07, 6.45) is 3.31. The van der Waals surface area contributed by atoms with Crippen molar-refractivity contribution in [3.05, 3.63) is 17.5 Å². The highest BCUT2D eigenvalue weighted by Gasteiger charge is 2.24. The molecule has 21 heavy (non-hydrogen) atoms. The van der Waals surface area contributed by atoms with Crippen LogP contribution in [0, 0.1) is 13.8 Å². The first-order chi connectivity index (χ1) is 10.1. The van der Waals surface area contributed by atoms with Crippen molar-refractivity contribution in [2.75, 3.05) is 6.61 Å². The number of carbonyl (C=O) groups is 1. The lowest BCUT2D eigenvalue weighted by Crippen LogP contribution is -2.40. The van der Waals surface area contributed by atoms with Crippen LogP contribution in [0.3, 0.4) is 0 Å². The predicted molar refractivity (Wildman–Crippen MR) is 78.3 cm³/mol. The van der Waals surface area contributed by atoms with Crippen LogP contribution < -0.4 is 10.1 Å². The number of hydrogen-bond donors (Lipinski definition) is 1. The van der Waals surface area contributed by atoms with Crippen LogP contribution in [0.5, 0.6) is 6.01 Å². The first-order valence-electron chi connectivity index (χ1n) is 7.49. The maximum atomic E-state index is 11.4. The van der Waals surface area contributed by atoms with Gasteiger partial charge < -0.3 is 14.8 Å². The van der Waals surface area contributed by atoms with Crippen molar-refractivity contribution in [2.24, 2.45) is 0 Å². The van der Waals surface area contributed by atoms with E-state index in [4.69, 9.17) is 9.47 Å². The van der Waals surface area contributed by atoms with Crippen LogP contribution in [0.1, 0.15) is 44.0 Å². The average Bonchev–Trinajstić information content (AvgIpc) is 2.40. The molecule has 6 nitrogen and oxygen atoms in total. The lowest BCUT2D eigenvalue weighted by molar-refractivity contribution is 0.116. The fourth-order valence-corrected chi connectivity index (χ4v) is 2.56. The van der Waals surface area contributed by atoms with E-state index in [2.05, 4.69) is 15.3 Å². The zero-order valence-electron chi connectivity index (χ0n) is 12.9. The fourth-order valence-electron chi connectivity index (χ4n) is 2.56. The van der Waals surface area contributed by atoms with Crippen LogP contribution in [0.4, 0.5) is 4.79 Å². The predicted octanol–water partition coefficient (Wildman–Crippen LogP) is 2.53. The Balaban J connectivity index is 1.80. The van der Waals surface area contributed by atoms with Crippen LogP contribution in [-0.2, 0) is 4.74 Å². The molecule has 0 radical (unpaired) electrons. The van der Waals surface area contributed by atoms with Gasteiger partial charge in [0.1, 0.15) is 6.10 Å². The van der Waals surface area contributed by atoms with Gasteiger partial charge in [-0.25, -0.2) is 14.8 Å². The van der Waals surface area contributed by atoms with E-state index in [0.29, 0.717) is 12.6 Å². The molecule has 1 fully saturated rings. The molecule has 1 heterocycles. The van der Waals surface area contributed by atoms with E-state index in [1.165, 1.54) is 0 Å². The molecule has 0 unspecified atom stereocenters. The molecule has 116 valence electrons. The lowest BCUT2D eigenvalue weighted by Gasteiger charge is -2.28. The quantitative estimate of drug-likeness (QED) is 0.923. The number of nitrogens with zero attached hydrogens (tertiary/aromatic N) is 2. The highest BCUT2D eigenvalue weighted by molar-refractivity contribution is 5.67. The number of aryl methyl sites for hydroxylation is 2. The minimum absolute atomic E-state index is 0.117. The Hall–Kier alpha value is -1.85. The number of ether oxygens (including phenoxy) is 2. The molecule has 0 spiro atoms. The second-order valence-corrected chi connectivity index (χ2v) is 5.39. The van der Waals surface area contributed by atoms with Gasteiger partial charge >= 0.3 is 12.1 Å². The largest absolute Gasteiger partial charge is 0.460 e. The number of alkyl carbamates (subject to hydrolysis) is 1. The molecule has 0 saturated heterocycles. The summed E-state index contributed by atoms with van der Waals surface area (Å²) >= 11 is 0. The number of hydrogen-bond acceptors (Lipinski definition) is 5. The molecule has 1 amide bonds. The van der Waals surface area contributed by atoms with E-state index >= 15 is 0 Å². The summed E-state index contributed by atoms with van der Waals surface area (Å²) < 4.78 is 10.7. The summed E-state index contributed by atoms with van der Waals surface area (Å²) in [5, 5.41) is 2.87. The minimum atomic E-state index is -0.334. The highest BCUT2D eigenvalue weighted by Crippen LogP contribution is 2.22. The van der Waals surface area contributed by atoms with Crippen LogP contribution in [0.25, 0.3) is 0 Å². The van der Waals surface area contributed by atoms with Gasteiger partial charge in [-0.15, -0.1) is 0 Å². The van der Waals surface area contributed by atoms with Crippen molar-refractivity contribution in [1.29, 1.82) is 0 Å². The van der Waals surface area contributed by atoms with Gasteiger partial charge in [0.05, 0.1) is 6.61 Å². The Morgan fingerprint density at radius 2 is 1.86 bits per heavy atom. The van der Waals surface area contributed by atoms with Crippen molar-refractivity contribution in [2.45, 2.75) is 58.6 Å². The molecule has 0 atom stereocenters. The van der Waals surface area contributed by atoms with E-state index < -0.39 is 0 Å². The third kappa shape index (κ3) is 4.88. The number of amides is 1. The monoisotopic (exact) mass is 293 g/mol. The van der Waals surface area contributed by atoms with E-state index in [1.54, 1.807) is 6.92 Å². The molecule has 1 N–H and O–H groups in total. The molecule has 1 aliphatic carbocycles. The van der Waals surface area contributed by atoms with Gasteiger partial charge in [0.2, 0.25) is 0 Å². The van der Waals surface area contributed by atoms with E-state index in [-0.39, 0.29) is 18.2 Å². The van der Waals surface area contributed by atoms with Crippen LogP contribution >= 0.6 is 0 Å². The number of carbonyl (C=O) groups excluding carboxylic acids is 1. The van der Waals surface area contributed by atoms with E-state index in [0.717, 1.165) is 37.1 Å². The van der Waals surface area contributed by atoms with Crippen molar-refractivity contribution in [1.82, 2.24) is 15.3 Å². The average molecular weight is 293 g/mol. The number of rotatable bonds is 4. The zero-order chi connectivity index (χ0) is 15.2. The maximum Gasteiger partial charge on any atom is 0.407 e. The Morgan fingerprint density at radius 1 is 1.24 bits per heavy atom. The topological polar surface area (TPSA) is 73.3 Å². The molecular formula is C15H23N3O3. The van der Waals surface area contributed by atoms with Crippen molar-refractivity contribution in [3.63, 3.8) is 0 Å². The first kappa shape index (κ1) is 15.5. The summed E-state index contributed by atoms with van der Waals surface area (Å²) in [5.41, 5.74) is 1.82. The van der Waals surface area contributed by atoms with Crippen LogP contribution in [0.15, 0.2) is 6.07 Å². The van der Waals surface area contributed by atoms with Gasteiger partial charge in [-0.05, 0) is 52.5 Å². The molecule has 0 aliphatic heterocycles. The minimum Gasteiger partial charge on any atom is -0.460 e. The van der Waals surface area contributed by atoms with Gasteiger partial charge in [-0.1, -0.05) is 0 Å². The summed E-state index contributed by atoms with van der Waals surface area (Å²) in [5.74, 6) is 0. The lowest BCUT2D eigenvalue weighted by atomic mass is 9.93. The third-order valence-corrected chi connectivity index (χ3v) is 3.51. The fraction of sp³-hybridized carbons (Fsp3) is 0.667. The molecule has 0 aromatic carbocycles. The van der Waals surface area contributed by atoms with Gasteiger partial charge in [0, 0.05) is 17.4 Å².